The van der Waals surface area contributed by atoms with Gasteiger partial charge in [0.15, 0.2) is 5.65 Å². The molecule has 0 saturated heterocycles. The molecule has 0 aliphatic heterocycles. The molecule has 2 aromatic carbocycles. The van der Waals surface area contributed by atoms with Gasteiger partial charge in [0.25, 0.3) is 11.8 Å². The Balaban J connectivity index is 1.11. The highest BCUT2D eigenvalue weighted by molar-refractivity contribution is 6.31. The van der Waals surface area contributed by atoms with Crippen molar-refractivity contribution < 1.29 is 14.0 Å². The van der Waals surface area contributed by atoms with Crippen LogP contribution in [0.4, 0.5) is 4.39 Å². The van der Waals surface area contributed by atoms with Gasteiger partial charge < -0.3 is 15.2 Å². The van der Waals surface area contributed by atoms with Crippen LogP contribution in [0.25, 0.3) is 5.65 Å². The number of fused-ring (bicyclic) bond motifs is 1. The average molecular weight is 610 g/mol. The summed E-state index contributed by atoms with van der Waals surface area (Å²) in [5, 5.41) is 19.9. The van der Waals surface area contributed by atoms with Gasteiger partial charge in [0.1, 0.15) is 23.3 Å². The Labute approximate surface area is 258 Å². The number of halogens is 2. The number of carbonyl (C=O) groups is 2. The van der Waals surface area contributed by atoms with Crippen molar-refractivity contribution in [3.63, 3.8) is 0 Å². The molecule has 44 heavy (non-hydrogen) atoms. The van der Waals surface area contributed by atoms with Gasteiger partial charge >= 0.3 is 0 Å². The SMILES string of the molecule is Cc1ccc(C(=O)NCCn2c(C#N)ccc2C(=O)N[C@@H](C)c2c(F)cccc2Cl)cc1[C@@H]1C[C@H]1c1cnc2cccnn12. The van der Waals surface area contributed by atoms with Gasteiger partial charge in [0, 0.05) is 41.4 Å². The van der Waals surface area contributed by atoms with Crippen LogP contribution >= 0.6 is 11.6 Å². The van der Waals surface area contributed by atoms with Crippen molar-refractivity contribution in [1.29, 1.82) is 5.26 Å². The molecule has 0 unspecified atom stereocenters. The highest BCUT2D eigenvalue weighted by Gasteiger charge is 2.42. The summed E-state index contributed by atoms with van der Waals surface area (Å²) in [5.74, 6) is -0.723. The fraction of sp³-hybridized carbons (Fsp3) is 0.242. The third-order valence-corrected chi connectivity index (χ3v) is 8.47. The fourth-order valence-electron chi connectivity index (χ4n) is 5.80. The maximum atomic E-state index is 14.4. The van der Waals surface area contributed by atoms with Gasteiger partial charge in [0.2, 0.25) is 0 Å². The molecule has 1 saturated carbocycles. The van der Waals surface area contributed by atoms with Gasteiger partial charge in [-0.3, -0.25) is 9.59 Å². The van der Waals surface area contributed by atoms with Crippen LogP contribution in [0.3, 0.4) is 0 Å². The van der Waals surface area contributed by atoms with Crippen LogP contribution in [0.15, 0.2) is 73.1 Å². The van der Waals surface area contributed by atoms with Crippen molar-refractivity contribution in [2.24, 2.45) is 0 Å². The predicted molar refractivity (Wildman–Crippen MR) is 163 cm³/mol. The van der Waals surface area contributed by atoms with Crippen LogP contribution in [0.2, 0.25) is 5.02 Å². The molecule has 3 atom stereocenters. The maximum Gasteiger partial charge on any atom is 0.268 e. The second-order valence-electron chi connectivity index (χ2n) is 11.0. The van der Waals surface area contributed by atoms with Crippen LogP contribution in [-0.2, 0) is 6.54 Å². The molecular formula is C33H29ClFN7O2. The lowest BCUT2D eigenvalue weighted by molar-refractivity contribution is 0.0930. The van der Waals surface area contributed by atoms with Crippen LogP contribution in [0.5, 0.6) is 0 Å². The molecule has 0 bridgehead atoms. The predicted octanol–water partition coefficient (Wildman–Crippen LogP) is 5.70. The summed E-state index contributed by atoms with van der Waals surface area (Å²) >= 11 is 6.17. The van der Waals surface area contributed by atoms with E-state index in [1.54, 1.807) is 25.3 Å². The topological polar surface area (TPSA) is 117 Å². The minimum Gasteiger partial charge on any atom is -0.350 e. The number of nitrogens with one attached hydrogen (secondary N) is 2. The van der Waals surface area contributed by atoms with E-state index in [4.69, 9.17) is 11.6 Å². The molecule has 2 N–H and O–H groups in total. The Hall–Kier alpha value is -5.01. The lowest BCUT2D eigenvalue weighted by Crippen LogP contribution is -2.32. The maximum absolute atomic E-state index is 14.4. The van der Waals surface area contributed by atoms with Crippen LogP contribution in [0, 0.1) is 24.1 Å². The molecular weight excluding hydrogens is 581 g/mol. The summed E-state index contributed by atoms with van der Waals surface area (Å²) < 4.78 is 17.8. The number of nitriles is 1. The molecule has 1 fully saturated rings. The minimum atomic E-state index is -0.712. The molecule has 1 aliphatic carbocycles. The minimum absolute atomic E-state index is 0.179. The first kappa shape index (κ1) is 29.1. The van der Waals surface area contributed by atoms with Crippen molar-refractivity contribution in [3.8, 4) is 6.07 Å². The Kier molecular flexibility index (Phi) is 7.89. The highest BCUT2D eigenvalue weighted by Crippen LogP contribution is 2.55. The molecule has 6 rings (SSSR count). The third kappa shape index (κ3) is 5.54. The van der Waals surface area contributed by atoms with Gasteiger partial charge in [0.05, 0.1) is 17.9 Å². The van der Waals surface area contributed by atoms with Crippen molar-refractivity contribution in [1.82, 2.24) is 29.8 Å². The molecule has 2 amide bonds. The second kappa shape index (κ2) is 11.9. The van der Waals surface area contributed by atoms with E-state index in [-0.39, 0.29) is 52.8 Å². The summed E-state index contributed by atoms with van der Waals surface area (Å²) in [6, 6.07) is 18.3. The van der Waals surface area contributed by atoms with E-state index in [0.717, 1.165) is 28.9 Å². The van der Waals surface area contributed by atoms with E-state index in [9.17, 15) is 19.2 Å². The fourth-order valence-corrected chi connectivity index (χ4v) is 6.13. The van der Waals surface area contributed by atoms with Gasteiger partial charge in [-0.05, 0) is 85.8 Å². The van der Waals surface area contributed by atoms with E-state index in [2.05, 4.69) is 26.8 Å². The molecule has 1 aliphatic rings. The second-order valence-corrected chi connectivity index (χ2v) is 11.4. The van der Waals surface area contributed by atoms with Crippen molar-refractivity contribution in [3.05, 3.63) is 123 Å². The van der Waals surface area contributed by atoms with Gasteiger partial charge in [-0.1, -0.05) is 23.7 Å². The molecule has 9 nitrogen and oxygen atoms in total. The quantitative estimate of drug-likeness (QED) is 0.222. The zero-order valence-corrected chi connectivity index (χ0v) is 24.8. The first-order valence-corrected chi connectivity index (χ1v) is 14.7. The molecule has 3 heterocycles. The number of nitrogens with zero attached hydrogens (tertiary/aromatic N) is 5. The van der Waals surface area contributed by atoms with E-state index >= 15 is 0 Å². The summed E-state index contributed by atoms with van der Waals surface area (Å²) in [7, 11) is 0. The number of hydrogen-bond acceptors (Lipinski definition) is 5. The van der Waals surface area contributed by atoms with E-state index in [1.165, 1.54) is 28.8 Å². The van der Waals surface area contributed by atoms with Crippen molar-refractivity contribution in [2.75, 3.05) is 6.54 Å². The van der Waals surface area contributed by atoms with Crippen LogP contribution in [0.1, 0.15) is 80.1 Å². The Morgan fingerprint density at radius 3 is 2.77 bits per heavy atom. The van der Waals surface area contributed by atoms with Gasteiger partial charge in [-0.2, -0.15) is 10.4 Å². The Morgan fingerprint density at radius 1 is 1.14 bits per heavy atom. The molecule has 5 aromatic rings. The van der Waals surface area contributed by atoms with Crippen LogP contribution in [-0.4, -0.2) is 37.5 Å². The number of aromatic nitrogens is 4. The van der Waals surface area contributed by atoms with Gasteiger partial charge in [-0.25, -0.2) is 13.9 Å². The zero-order chi connectivity index (χ0) is 31.0. The number of rotatable bonds is 9. The normalized spacial score (nSPS) is 16.3. The van der Waals surface area contributed by atoms with E-state index in [0.29, 0.717) is 5.56 Å². The van der Waals surface area contributed by atoms with Crippen molar-refractivity contribution >= 4 is 29.1 Å². The number of hydrogen-bond donors (Lipinski definition) is 2. The van der Waals surface area contributed by atoms with E-state index in [1.807, 2.05) is 41.9 Å². The molecule has 11 heteroatoms. The van der Waals surface area contributed by atoms with Gasteiger partial charge in [-0.15, -0.1) is 0 Å². The summed E-state index contributed by atoms with van der Waals surface area (Å²) in [4.78, 5) is 30.8. The summed E-state index contributed by atoms with van der Waals surface area (Å²) in [5.41, 5.74) is 5.30. The monoisotopic (exact) mass is 609 g/mol. The third-order valence-electron chi connectivity index (χ3n) is 8.14. The average Bonchev–Trinajstić information content (AvgIpc) is 3.48. The number of aryl methyl sites for hydroxylation is 1. The lowest BCUT2D eigenvalue weighted by atomic mass is 9.99. The van der Waals surface area contributed by atoms with Crippen molar-refractivity contribution in [2.45, 2.75) is 44.7 Å². The molecule has 0 spiro atoms. The molecule has 0 radical (unpaired) electrons. The first-order chi connectivity index (χ1) is 21.3. The first-order valence-electron chi connectivity index (χ1n) is 14.3. The Bertz CT molecular complexity index is 1920. The Morgan fingerprint density at radius 2 is 1.98 bits per heavy atom. The number of carbonyl (C=O) groups excluding carboxylic acids is 2. The largest absolute Gasteiger partial charge is 0.350 e. The summed E-state index contributed by atoms with van der Waals surface area (Å²) in [6.07, 6.45) is 4.57. The standard InChI is InChI=1S/C33H29ClFN7O2/c1-19-8-9-21(15-23(19)24-16-25(24)29-18-38-30-7-4-12-39-42(29)30)32(43)37-13-14-41-22(17-36)10-11-28(41)33(44)40-20(2)31-26(34)5-3-6-27(31)35/h3-12,15,18,20,24-25H,13-14,16H2,1-2H3,(H,37,43)(H,40,44)/t20-,24-,25+/m0/s1. The number of benzene rings is 2. The number of imidazole rings is 1. The van der Waals surface area contributed by atoms with E-state index < -0.39 is 17.8 Å². The summed E-state index contributed by atoms with van der Waals surface area (Å²) in [6.45, 7) is 4.04. The molecule has 222 valence electrons. The lowest BCUT2D eigenvalue weighted by Gasteiger charge is -2.18. The smallest absolute Gasteiger partial charge is 0.268 e. The molecule has 3 aromatic heterocycles. The number of amides is 2. The highest BCUT2D eigenvalue weighted by atomic mass is 35.5. The van der Waals surface area contributed by atoms with Crippen LogP contribution < -0.4 is 10.6 Å². The zero-order valence-electron chi connectivity index (χ0n) is 24.1.